The number of nitrogens with one attached hydrogen (secondary N) is 3. The van der Waals surface area contributed by atoms with Crippen molar-refractivity contribution in [1.82, 2.24) is 16.0 Å². The second-order valence-electron chi connectivity index (χ2n) is 6.99. The van der Waals surface area contributed by atoms with Gasteiger partial charge < -0.3 is 16.0 Å². The molecule has 0 radical (unpaired) electrons. The van der Waals surface area contributed by atoms with Crippen molar-refractivity contribution in [3.05, 3.63) is 35.4 Å². The predicted octanol–water partition coefficient (Wildman–Crippen LogP) is 3.79. The monoisotopic (exact) mass is 504 g/mol. The van der Waals surface area contributed by atoms with Gasteiger partial charge in [0.05, 0.1) is 0 Å². The molecule has 1 fully saturated rings. The number of amides is 1. The first-order valence-corrected chi connectivity index (χ1v) is 10.5. The van der Waals surface area contributed by atoms with Gasteiger partial charge in [0, 0.05) is 37.0 Å². The molecule has 1 atom stereocenters. The molecule has 0 aliphatic carbocycles. The number of aliphatic imine (C=N–C) groups is 1. The molecule has 0 aromatic heterocycles. The lowest BCUT2D eigenvalue weighted by Gasteiger charge is -2.24. The first kappa shape index (κ1) is 24.1. The van der Waals surface area contributed by atoms with Gasteiger partial charge in [-0.2, -0.15) is 11.8 Å². The summed E-state index contributed by atoms with van der Waals surface area (Å²) in [4.78, 5) is 16.3. The minimum atomic E-state index is -0.00209. The first-order valence-electron chi connectivity index (χ1n) is 9.52. The summed E-state index contributed by atoms with van der Waals surface area (Å²) in [5, 5.41) is 9.72. The Morgan fingerprint density at radius 1 is 1.22 bits per heavy atom. The number of thioether (sulfide) groups is 1. The van der Waals surface area contributed by atoms with Crippen LogP contribution in [-0.4, -0.2) is 42.5 Å². The van der Waals surface area contributed by atoms with Crippen molar-refractivity contribution in [3.8, 4) is 0 Å². The highest BCUT2D eigenvalue weighted by molar-refractivity contribution is 14.0. The van der Waals surface area contributed by atoms with Crippen molar-refractivity contribution in [2.75, 3.05) is 25.9 Å². The van der Waals surface area contributed by atoms with Crippen LogP contribution in [0.5, 0.6) is 0 Å². The zero-order valence-electron chi connectivity index (χ0n) is 16.6. The summed E-state index contributed by atoms with van der Waals surface area (Å²) in [5.41, 5.74) is 1.83. The summed E-state index contributed by atoms with van der Waals surface area (Å²) in [7, 11) is 1.79. The number of hydrogen-bond donors (Lipinski definition) is 3. The SMILES string of the molecule is CCCCNC(=O)c1ccc(CNC(=NC)NCC2(C)CCCS2)cc1.I. The van der Waals surface area contributed by atoms with Crippen molar-refractivity contribution < 1.29 is 4.79 Å². The molecule has 1 saturated heterocycles. The van der Waals surface area contributed by atoms with E-state index in [-0.39, 0.29) is 29.9 Å². The quantitative estimate of drug-likeness (QED) is 0.218. The Kier molecular flexibility index (Phi) is 11.1. The number of halogens is 1. The molecule has 1 unspecified atom stereocenters. The van der Waals surface area contributed by atoms with Gasteiger partial charge in [0.25, 0.3) is 5.91 Å². The summed E-state index contributed by atoms with van der Waals surface area (Å²) in [6.45, 7) is 6.77. The number of unbranched alkanes of at least 4 members (excludes halogenated alkanes) is 1. The minimum absolute atomic E-state index is 0. The highest BCUT2D eigenvalue weighted by Crippen LogP contribution is 2.36. The largest absolute Gasteiger partial charge is 0.355 e. The van der Waals surface area contributed by atoms with E-state index in [1.54, 1.807) is 7.05 Å². The third-order valence-electron chi connectivity index (χ3n) is 4.65. The molecule has 1 aromatic rings. The molecule has 5 nitrogen and oxygen atoms in total. The number of carbonyl (C=O) groups excluding carboxylic acids is 1. The number of carbonyl (C=O) groups is 1. The molecule has 1 aromatic carbocycles. The molecule has 27 heavy (non-hydrogen) atoms. The summed E-state index contributed by atoms with van der Waals surface area (Å²) in [5.74, 6) is 2.07. The van der Waals surface area contributed by atoms with Crippen molar-refractivity contribution in [2.45, 2.75) is 50.8 Å². The third-order valence-corrected chi connectivity index (χ3v) is 6.18. The van der Waals surface area contributed by atoms with E-state index in [9.17, 15) is 4.79 Å². The lowest BCUT2D eigenvalue weighted by Crippen LogP contribution is -2.43. The van der Waals surface area contributed by atoms with E-state index < -0.39 is 0 Å². The molecule has 0 bridgehead atoms. The summed E-state index contributed by atoms with van der Waals surface area (Å²) in [6.07, 6.45) is 4.65. The van der Waals surface area contributed by atoms with Gasteiger partial charge in [0.15, 0.2) is 5.96 Å². The van der Waals surface area contributed by atoms with Crippen LogP contribution in [0.2, 0.25) is 0 Å². The molecule has 3 N–H and O–H groups in total. The number of rotatable bonds is 8. The average molecular weight is 504 g/mol. The number of nitrogens with zero attached hydrogens (tertiary/aromatic N) is 1. The number of benzene rings is 1. The molecule has 2 rings (SSSR count). The highest BCUT2D eigenvalue weighted by atomic mass is 127. The van der Waals surface area contributed by atoms with Crippen molar-refractivity contribution in [3.63, 3.8) is 0 Å². The Hall–Kier alpha value is -0.960. The highest BCUT2D eigenvalue weighted by Gasteiger charge is 2.29. The smallest absolute Gasteiger partial charge is 0.251 e. The minimum Gasteiger partial charge on any atom is -0.355 e. The van der Waals surface area contributed by atoms with E-state index in [0.29, 0.717) is 16.9 Å². The fourth-order valence-corrected chi connectivity index (χ4v) is 4.15. The Bertz CT molecular complexity index is 601. The van der Waals surface area contributed by atoms with Crippen LogP contribution >= 0.6 is 35.7 Å². The molecular weight excluding hydrogens is 471 g/mol. The van der Waals surface area contributed by atoms with E-state index in [2.05, 4.69) is 34.8 Å². The standard InChI is InChI=1S/C20H32N4OS.HI/c1-4-5-12-22-18(25)17-9-7-16(8-10-17)14-23-19(21-3)24-15-20(2)11-6-13-26-20;/h7-10H,4-6,11-15H2,1-3H3,(H,22,25)(H2,21,23,24);1H. The van der Waals surface area contributed by atoms with Crippen LogP contribution in [0.15, 0.2) is 29.3 Å². The average Bonchev–Trinajstić information content (AvgIpc) is 3.09. The van der Waals surface area contributed by atoms with Gasteiger partial charge in [-0.3, -0.25) is 9.79 Å². The van der Waals surface area contributed by atoms with Gasteiger partial charge in [-0.25, -0.2) is 0 Å². The van der Waals surface area contributed by atoms with Crippen LogP contribution < -0.4 is 16.0 Å². The van der Waals surface area contributed by atoms with E-state index in [1.807, 2.05) is 36.0 Å². The Balaban J connectivity index is 0.00000364. The maximum atomic E-state index is 12.0. The summed E-state index contributed by atoms with van der Waals surface area (Å²) < 4.78 is 0.310. The fourth-order valence-electron chi connectivity index (χ4n) is 2.91. The second kappa shape index (κ2) is 12.5. The maximum Gasteiger partial charge on any atom is 0.251 e. The molecule has 1 aliphatic heterocycles. The number of guanidine groups is 1. The van der Waals surface area contributed by atoms with Crippen LogP contribution in [-0.2, 0) is 6.54 Å². The molecular formula is C20H33IN4OS. The van der Waals surface area contributed by atoms with Gasteiger partial charge >= 0.3 is 0 Å². The van der Waals surface area contributed by atoms with E-state index in [4.69, 9.17) is 0 Å². The van der Waals surface area contributed by atoms with Crippen LogP contribution in [0.25, 0.3) is 0 Å². The van der Waals surface area contributed by atoms with Gasteiger partial charge in [-0.1, -0.05) is 25.5 Å². The zero-order chi connectivity index (χ0) is 18.8. The van der Waals surface area contributed by atoms with Crippen LogP contribution in [0.3, 0.4) is 0 Å². The second-order valence-corrected chi connectivity index (χ2v) is 8.67. The molecule has 1 amide bonds. The predicted molar refractivity (Wildman–Crippen MR) is 127 cm³/mol. The Morgan fingerprint density at radius 3 is 2.56 bits per heavy atom. The van der Waals surface area contributed by atoms with E-state index >= 15 is 0 Å². The van der Waals surface area contributed by atoms with Gasteiger partial charge in [-0.05, 0) is 49.6 Å². The van der Waals surface area contributed by atoms with Gasteiger partial charge in [-0.15, -0.1) is 24.0 Å². The molecule has 7 heteroatoms. The lowest BCUT2D eigenvalue weighted by atomic mass is 10.1. The Morgan fingerprint density at radius 2 is 1.96 bits per heavy atom. The normalized spacial score (nSPS) is 19.3. The zero-order valence-corrected chi connectivity index (χ0v) is 19.8. The topological polar surface area (TPSA) is 65.5 Å². The van der Waals surface area contributed by atoms with Crippen molar-refractivity contribution in [1.29, 1.82) is 0 Å². The lowest BCUT2D eigenvalue weighted by molar-refractivity contribution is 0.0953. The van der Waals surface area contributed by atoms with Gasteiger partial charge in [0.1, 0.15) is 0 Å². The summed E-state index contributed by atoms with van der Waals surface area (Å²) >= 11 is 2.04. The fraction of sp³-hybridized carbons (Fsp3) is 0.600. The van der Waals surface area contributed by atoms with Crippen molar-refractivity contribution >= 4 is 47.6 Å². The summed E-state index contributed by atoms with van der Waals surface area (Å²) in [6, 6.07) is 7.74. The van der Waals surface area contributed by atoms with Crippen LogP contribution in [0.1, 0.15) is 55.5 Å². The first-order chi connectivity index (χ1) is 12.6. The van der Waals surface area contributed by atoms with E-state index in [1.165, 1.54) is 18.6 Å². The van der Waals surface area contributed by atoms with Crippen LogP contribution in [0.4, 0.5) is 0 Å². The molecule has 1 aliphatic rings. The van der Waals surface area contributed by atoms with Crippen LogP contribution in [0, 0.1) is 0 Å². The molecule has 1 heterocycles. The third kappa shape index (κ3) is 8.29. The molecule has 0 spiro atoms. The molecule has 0 saturated carbocycles. The van der Waals surface area contributed by atoms with E-state index in [0.717, 1.165) is 37.5 Å². The molecule has 152 valence electrons. The number of hydrogen-bond acceptors (Lipinski definition) is 3. The maximum absolute atomic E-state index is 12.0. The van der Waals surface area contributed by atoms with Gasteiger partial charge in [0.2, 0.25) is 0 Å². The Labute approximate surface area is 185 Å². The van der Waals surface area contributed by atoms with Crippen molar-refractivity contribution in [2.24, 2.45) is 4.99 Å².